The molecule has 27 heavy (non-hydrogen) atoms. The quantitative estimate of drug-likeness (QED) is 0.671. The Morgan fingerprint density at radius 1 is 0.926 bits per heavy atom. The number of carbonyl (C=O) groups is 2. The summed E-state index contributed by atoms with van der Waals surface area (Å²) in [5, 5.41) is 11.2. The van der Waals surface area contributed by atoms with Crippen LogP contribution in [0.25, 0.3) is 5.70 Å². The Morgan fingerprint density at radius 3 is 2.52 bits per heavy atom. The second-order valence-electron chi connectivity index (χ2n) is 6.05. The normalized spacial score (nSPS) is 19.0. The van der Waals surface area contributed by atoms with Crippen LogP contribution in [0.5, 0.6) is 11.5 Å². The molecule has 4 N–H and O–H groups in total. The summed E-state index contributed by atoms with van der Waals surface area (Å²) in [5.41, 5.74) is 3.45. The molecule has 2 aromatic rings. The van der Waals surface area contributed by atoms with Crippen LogP contribution in [0.15, 0.2) is 42.5 Å². The van der Waals surface area contributed by atoms with Gasteiger partial charge in [-0.05, 0) is 24.3 Å². The number of fused-ring (bicyclic) bond motifs is 2. The molecule has 0 bridgehead atoms. The van der Waals surface area contributed by atoms with Crippen molar-refractivity contribution in [3.8, 4) is 11.5 Å². The van der Waals surface area contributed by atoms with Gasteiger partial charge in [0, 0.05) is 16.8 Å². The van der Waals surface area contributed by atoms with Gasteiger partial charge in [-0.25, -0.2) is 9.59 Å². The molecular weight excluding hydrogens is 348 g/mol. The van der Waals surface area contributed by atoms with E-state index in [0.717, 1.165) is 16.8 Å². The third kappa shape index (κ3) is 2.91. The van der Waals surface area contributed by atoms with E-state index >= 15 is 0 Å². The number of nitrogens with one attached hydrogen (secondary N) is 4. The van der Waals surface area contributed by atoms with Crippen LogP contribution in [0.2, 0.25) is 0 Å². The average molecular weight is 366 g/mol. The molecule has 2 aliphatic rings. The summed E-state index contributed by atoms with van der Waals surface area (Å²) in [7, 11) is 3.05. The lowest BCUT2D eigenvalue weighted by molar-refractivity contribution is 0.249. The lowest BCUT2D eigenvalue weighted by Crippen LogP contribution is -2.38. The Morgan fingerprint density at radius 2 is 1.74 bits per heavy atom. The van der Waals surface area contributed by atoms with Crippen molar-refractivity contribution in [1.82, 2.24) is 10.6 Å². The summed E-state index contributed by atoms with van der Waals surface area (Å²) in [4.78, 5) is 24.2. The van der Waals surface area contributed by atoms with E-state index < -0.39 is 12.1 Å². The third-order valence-electron chi connectivity index (χ3n) is 4.49. The fourth-order valence-corrected chi connectivity index (χ4v) is 3.30. The standard InChI is InChI=1S/C19H18N4O4/c1-26-15-8-7-11-14(22-19(25)23-16(11)17(15)27-2)9-13-10-5-3-4-6-12(10)20-18(24)21-13/h3-9,13H,1-2H3,(H2,20,21,24)(H2,22,23,25)/b14-9+. The van der Waals surface area contributed by atoms with Gasteiger partial charge >= 0.3 is 12.1 Å². The molecule has 4 amide bonds. The zero-order valence-corrected chi connectivity index (χ0v) is 14.8. The highest BCUT2D eigenvalue weighted by molar-refractivity contribution is 6.05. The van der Waals surface area contributed by atoms with Gasteiger partial charge in [-0.3, -0.25) is 0 Å². The molecule has 2 heterocycles. The lowest BCUT2D eigenvalue weighted by Gasteiger charge is -2.28. The van der Waals surface area contributed by atoms with Gasteiger partial charge in [0.15, 0.2) is 11.5 Å². The van der Waals surface area contributed by atoms with Crippen LogP contribution in [0.1, 0.15) is 17.2 Å². The molecule has 0 spiro atoms. The van der Waals surface area contributed by atoms with Crippen molar-refractivity contribution >= 4 is 29.1 Å². The van der Waals surface area contributed by atoms with Crippen molar-refractivity contribution in [1.29, 1.82) is 0 Å². The Hall–Kier alpha value is -3.68. The maximum Gasteiger partial charge on any atom is 0.323 e. The van der Waals surface area contributed by atoms with Gasteiger partial charge in [-0.1, -0.05) is 18.2 Å². The van der Waals surface area contributed by atoms with Gasteiger partial charge in [0.1, 0.15) is 0 Å². The summed E-state index contributed by atoms with van der Waals surface area (Å²) in [6.07, 6.45) is 1.81. The van der Waals surface area contributed by atoms with Crippen molar-refractivity contribution in [2.45, 2.75) is 6.04 Å². The number of ether oxygens (including phenoxy) is 2. The maximum atomic E-state index is 12.2. The topological polar surface area (TPSA) is 101 Å². The molecular formula is C19H18N4O4. The van der Waals surface area contributed by atoms with E-state index in [2.05, 4.69) is 21.3 Å². The predicted octanol–water partition coefficient (Wildman–Crippen LogP) is 3.06. The molecule has 0 saturated heterocycles. The minimum Gasteiger partial charge on any atom is -0.493 e. The summed E-state index contributed by atoms with van der Waals surface area (Å²) in [5.74, 6) is 0.948. The molecule has 0 fully saturated rings. The number of urea groups is 2. The first-order valence-electron chi connectivity index (χ1n) is 8.32. The van der Waals surface area contributed by atoms with Crippen molar-refractivity contribution in [3.63, 3.8) is 0 Å². The van der Waals surface area contributed by atoms with Gasteiger partial charge in [0.05, 0.1) is 31.6 Å². The number of methoxy groups -OCH3 is 2. The SMILES string of the molecule is COc1ccc2c(c1OC)NC(=O)N/C2=C/C1NC(=O)Nc2ccccc21. The molecule has 2 aromatic carbocycles. The van der Waals surface area contributed by atoms with Gasteiger partial charge < -0.3 is 30.7 Å². The molecule has 0 radical (unpaired) electrons. The number of benzene rings is 2. The molecule has 1 unspecified atom stereocenters. The highest BCUT2D eigenvalue weighted by Gasteiger charge is 2.28. The largest absolute Gasteiger partial charge is 0.493 e. The van der Waals surface area contributed by atoms with E-state index in [1.165, 1.54) is 14.2 Å². The number of hydrogen-bond acceptors (Lipinski definition) is 4. The zero-order valence-electron chi connectivity index (χ0n) is 14.8. The van der Waals surface area contributed by atoms with E-state index in [9.17, 15) is 9.59 Å². The summed E-state index contributed by atoms with van der Waals surface area (Å²) < 4.78 is 10.7. The van der Waals surface area contributed by atoms with E-state index in [1.54, 1.807) is 12.1 Å². The minimum atomic E-state index is -0.399. The van der Waals surface area contributed by atoms with E-state index in [1.807, 2.05) is 30.3 Å². The second-order valence-corrected chi connectivity index (χ2v) is 6.05. The van der Waals surface area contributed by atoms with Gasteiger partial charge in [0.2, 0.25) is 0 Å². The van der Waals surface area contributed by atoms with E-state index in [4.69, 9.17) is 9.47 Å². The van der Waals surface area contributed by atoms with Crippen LogP contribution in [0.3, 0.4) is 0 Å². The van der Waals surface area contributed by atoms with Gasteiger partial charge in [-0.2, -0.15) is 0 Å². The Kier molecular flexibility index (Phi) is 4.08. The summed E-state index contributed by atoms with van der Waals surface area (Å²) in [6.45, 7) is 0. The summed E-state index contributed by atoms with van der Waals surface area (Å²) in [6, 6.07) is 9.99. The Balaban J connectivity index is 1.82. The molecule has 4 rings (SSSR count). The summed E-state index contributed by atoms with van der Waals surface area (Å²) >= 11 is 0. The fourth-order valence-electron chi connectivity index (χ4n) is 3.30. The van der Waals surface area contributed by atoms with E-state index in [0.29, 0.717) is 22.9 Å². The molecule has 0 aliphatic carbocycles. The smallest absolute Gasteiger partial charge is 0.323 e. The number of carbonyl (C=O) groups excluding carboxylic acids is 2. The molecule has 0 saturated carbocycles. The van der Waals surface area contributed by atoms with Crippen molar-refractivity contribution in [2.75, 3.05) is 24.9 Å². The maximum absolute atomic E-state index is 12.2. The first kappa shape index (κ1) is 16.8. The van der Waals surface area contributed by atoms with Crippen molar-refractivity contribution in [3.05, 3.63) is 53.6 Å². The van der Waals surface area contributed by atoms with Gasteiger partial charge in [0.25, 0.3) is 0 Å². The predicted molar refractivity (Wildman–Crippen MR) is 101 cm³/mol. The molecule has 1 atom stereocenters. The second kappa shape index (κ2) is 6.56. The fraction of sp³-hybridized carbons (Fsp3) is 0.158. The minimum absolute atomic E-state index is 0.302. The third-order valence-corrected chi connectivity index (χ3v) is 4.49. The number of amides is 4. The Bertz CT molecular complexity index is 970. The monoisotopic (exact) mass is 366 g/mol. The number of para-hydroxylation sites is 1. The van der Waals surface area contributed by atoms with Crippen molar-refractivity contribution < 1.29 is 19.1 Å². The number of rotatable bonds is 3. The van der Waals surface area contributed by atoms with Crippen LogP contribution in [-0.4, -0.2) is 26.3 Å². The van der Waals surface area contributed by atoms with Crippen LogP contribution in [0, 0.1) is 0 Å². The van der Waals surface area contributed by atoms with Crippen LogP contribution in [0.4, 0.5) is 21.0 Å². The van der Waals surface area contributed by atoms with E-state index in [-0.39, 0.29) is 6.03 Å². The molecule has 2 aliphatic heterocycles. The number of anilines is 2. The molecule has 8 heteroatoms. The highest BCUT2D eigenvalue weighted by atomic mass is 16.5. The van der Waals surface area contributed by atoms with Gasteiger partial charge in [-0.15, -0.1) is 0 Å². The molecule has 0 aromatic heterocycles. The molecule has 138 valence electrons. The molecule has 8 nitrogen and oxygen atoms in total. The Labute approximate surface area is 155 Å². The first-order chi connectivity index (χ1) is 13.1. The van der Waals surface area contributed by atoms with Crippen LogP contribution >= 0.6 is 0 Å². The lowest BCUT2D eigenvalue weighted by atomic mass is 9.98. The van der Waals surface area contributed by atoms with Crippen LogP contribution < -0.4 is 30.7 Å². The first-order valence-corrected chi connectivity index (χ1v) is 8.32. The highest BCUT2D eigenvalue weighted by Crippen LogP contribution is 2.42. The average Bonchev–Trinajstić information content (AvgIpc) is 2.66. The van der Waals surface area contributed by atoms with Crippen LogP contribution in [-0.2, 0) is 0 Å². The number of hydrogen-bond donors (Lipinski definition) is 4. The zero-order chi connectivity index (χ0) is 19.0. The van der Waals surface area contributed by atoms with Crippen molar-refractivity contribution in [2.24, 2.45) is 0 Å².